The topological polar surface area (TPSA) is 17.1 Å². The third kappa shape index (κ3) is 3.95. The Morgan fingerprint density at radius 3 is 2.69 bits per heavy atom. The van der Waals surface area contributed by atoms with Gasteiger partial charge in [-0.15, -0.1) is 0 Å². The predicted molar refractivity (Wildman–Crippen MR) is 58.9 cm³/mol. The first-order chi connectivity index (χ1) is 6.33. The van der Waals surface area contributed by atoms with Gasteiger partial charge in [0.15, 0.2) is 5.78 Å². The molecule has 0 fully saturated rings. The minimum Gasteiger partial charge on any atom is -0.294 e. The van der Waals surface area contributed by atoms with Crippen molar-refractivity contribution in [1.82, 2.24) is 0 Å². The summed E-state index contributed by atoms with van der Waals surface area (Å²) in [5.41, 5.74) is 1.07. The minimum atomic E-state index is 0.163. The van der Waals surface area contributed by atoms with Crippen LogP contribution in [0.15, 0.2) is 36.4 Å². The van der Waals surface area contributed by atoms with E-state index in [-0.39, 0.29) is 5.78 Å². The molecule has 0 aliphatic heterocycles. The number of hydrogen-bond acceptors (Lipinski definition) is 2. The van der Waals surface area contributed by atoms with E-state index in [0.717, 1.165) is 5.56 Å². The van der Waals surface area contributed by atoms with Gasteiger partial charge >= 0.3 is 0 Å². The van der Waals surface area contributed by atoms with E-state index in [1.54, 1.807) is 17.8 Å². The molecule has 0 radical (unpaired) electrons. The van der Waals surface area contributed by atoms with E-state index in [2.05, 4.69) is 0 Å². The van der Waals surface area contributed by atoms with Gasteiger partial charge in [-0.25, -0.2) is 0 Å². The Kier molecular flexibility index (Phi) is 4.33. The average molecular weight is 192 g/mol. The van der Waals surface area contributed by atoms with Crippen LogP contribution in [0.2, 0.25) is 0 Å². The van der Waals surface area contributed by atoms with Crippen molar-refractivity contribution >= 4 is 23.6 Å². The number of carbonyl (C=O) groups is 1. The molecule has 1 nitrogen and oxygen atoms in total. The molecular formula is C11H12OS. The van der Waals surface area contributed by atoms with Crippen molar-refractivity contribution in [3.05, 3.63) is 42.0 Å². The normalized spacial score (nSPS) is 10.5. The Morgan fingerprint density at radius 1 is 1.38 bits per heavy atom. The molecule has 68 valence electrons. The predicted octanol–water partition coefficient (Wildman–Crippen LogP) is 2.63. The first kappa shape index (κ1) is 10.1. The van der Waals surface area contributed by atoms with Crippen molar-refractivity contribution < 1.29 is 4.79 Å². The Balaban J connectivity index is 2.54. The summed E-state index contributed by atoms with van der Waals surface area (Å²) in [6.07, 6.45) is 5.40. The molecule has 0 saturated heterocycles. The van der Waals surface area contributed by atoms with Crippen LogP contribution >= 0.6 is 11.8 Å². The molecule has 0 amide bonds. The van der Waals surface area contributed by atoms with Gasteiger partial charge in [0.2, 0.25) is 0 Å². The van der Waals surface area contributed by atoms with Crippen LogP contribution in [0.1, 0.15) is 5.56 Å². The molecule has 1 aromatic rings. The van der Waals surface area contributed by atoms with Crippen molar-refractivity contribution in [2.75, 3.05) is 12.0 Å². The standard InChI is InChI=1S/C11H12OS/c1-13-9-11(12)8-7-10-5-3-2-4-6-10/h2-8H,9H2,1H3. The van der Waals surface area contributed by atoms with E-state index < -0.39 is 0 Å². The van der Waals surface area contributed by atoms with Crippen LogP contribution in [0, 0.1) is 0 Å². The van der Waals surface area contributed by atoms with Gasteiger partial charge in [-0.2, -0.15) is 11.8 Å². The van der Waals surface area contributed by atoms with E-state index >= 15 is 0 Å². The van der Waals surface area contributed by atoms with E-state index in [9.17, 15) is 4.79 Å². The first-order valence-electron chi connectivity index (χ1n) is 4.08. The summed E-state index contributed by atoms with van der Waals surface area (Å²) in [6, 6.07) is 9.82. The molecule has 0 saturated carbocycles. The zero-order valence-corrected chi connectivity index (χ0v) is 8.38. The molecule has 0 unspecified atom stereocenters. The molecule has 0 atom stereocenters. The summed E-state index contributed by atoms with van der Waals surface area (Å²) in [5.74, 6) is 0.722. The van der Waals surface area contributed by atoms with Crippen molar-refractivity contribution in [2.45, 2.75) is 0 Å². The third-order valence-electron chi connectivity index (χ3n) is 1.55. The Labute approximate surface area is 82.9 Å². The molecule has 2 heteroatoms. The molecule has 0 aliphatic carbocycles. The lowest BCUT2D eigenvalue weighted by Crippen LogP contribution is -1.94. The molecule has 0 N–H and O–H groups in total. The van der Waals surface area contributed by atoms with Gasteiger partial charge in [-0.05, 0) is 17.9 Å². The SMILES string of the molecule is CSCC(=O)C=Cc1ccccc1. The fourth-order valence-electron chi connectivity index (χ4n) is 0.944. The van der Waals surface area contributed by atoms with Crippen molar-refractivity contribution in [2.24, 2.45) is 0 Å². The van der Waals surface area contributed by atoms with E-state index in [4.69, 9.17) is 0 Å². The second-order valence-electron chi connectivity index (χ2n) is 2.64. The smallest absolute Gasteiger partial charge is 0.165 e. The third-order valence-corrected chi connectivity index (χ3v) is 2.12. The number of thioether (sulfide) groups is 1. The van der Waals surface area contributed by atoms with E-state index in [0.29, 0.717) is 5.75 Å². The fraction of sp³-hybridized carbons (Fsp3) is 0.182. The van der Waals surface area contributed by atoms with Gasteiger partial charge in [0, 0.05) is 0 Å². The Morgan fingerprint density at radius 2 is 2.08 bits per heavy atom. The monoisotopic (exact) mass is 192 g/mol. The van der Waals surface area contributed by atoms with Crippen molar-refractivity contribution in [3.8, 4) is 0 Å². The summed E-state index contributed by atoms with van der Waals surface area (Å²) in [4.78, 5) is 11.1. The van der Waals surface area contributed by atoms with Gasteiger partial charge in [-0.3, -0.25) is 4.79 Å². The summed E-state index contributed by atoms with van der Waals surface area (Å²) in [7, 11) is 0. The summed E-state index contributed by atoms with van der Waals surface area (Å²) in [5, 5.41) is 0. The van der Waals surface area contributed by atoms with Gasteiger partial charge in [0.1, 0.15) is 0 Å². The molecule has 13 heavy (non-hydrogen) atoms. The average Bonchev–Trinajstić information content (AvgIpc) is 2.17. The van der Waals surface area contributed by atoms with Crippen LogP contribution in [-0.4, -0.2) is 17.8 Å². The van der Waals surface area contributed by atoms with E-state index in [1.807, 2.05) is 42.7 Å². The van der Waals surface area contributed by atoms with Crippen LogP contribution in [0.5, 0.6) is 0 Å². The highest BCUT2D eigenvalue weighted by Crippen LogP contribution is 2.01. The highest BCUT2D eigenvalue weighted by Gasteiger charge is 1.92. The van der Waals surface area contributed by atoms with Gasteiger partial charge in [-0.1, -0.05) is 36.4 Å². The van der Waals surface area contributed by atoms with Crippen LogP contribution < -0.4 is 0 Å². The van der Waals surface area contributed by atoms with Gasteiger partial charge in [0.25, 0.3) is 0 Å². The number of rotatable bonds is 4. The highest BCUT2D eigenvalue weighted by molar-refractivity contribution is 7.99. The summed E-state index contributed by atoms with van der Waals surface area (Å²) < 4.78 is 0. The number of hydrogen-bond donors (Lipinski definition) is 0. The summed E-state index contributed by atoms with van der Waals surface area (Å²) >= 11 is 1.54. The maximum atomic E-state index is 11.1. The van der Waals surface area contributed by atoms with Crippen LogP contribution in [0.4, 0.5) is 0 Å². The van der Waals surface area contributed by atoms with Crippen LogP contribution in [0.3, 0.4) is 0 Å². The van der Waals surface area contributed by atoms with Gasteiger partial charge in [0.05, 0.1) is 5.75 Å². The Bertz CT molecular complexity index is 290. The molecule has 0 aliphatic rings. The lowest BCUT2D eigenvalue weighted by atomic mass is 10.2. The Hall–Kier alpha value is -1.02. The summed E-state index contributed by atoms with van der Waals surface area (Å²) in [6.45, 7) is 0. The lowest BCUT2D eigenvalue weighted by molar-refractivity contribution is -0.112. The maximum absolute atomic E-state index is 11.1. The van der Waals surface area contributed by atoms with Crippen molar-refractivity contribution in [1.29, 1.82) is 0 Å². The molecule has 0 aromatic heterocycles. The maximum Gasteiger partial charge on any atom is 0.165 e. The number of carbonyl (C=O) groups excluding carboxylic acids is 1. The minimum absolute atomic E-state index is 0.163. The largest absolute Gasteiger partial charge is 0.294 e. The number of benzene rings is 1. The molecule has 0 bridgehead atoms. The lowest BCUT2D eigenvalue weighted by Gasteiger charge is -1.91. The van der Waals surface area contributed by atoms with Crippen LogP contribution in [-0.2, 0) is 4.79 Å². The molecular weight excluding hydrogens is 180 g/mol. The fourth-order valence-corrected chi connectivity index (χ4v) is 1.32. The second-order valence-corrected chi connectivity index (χ2v) is 3.51. The van der Waals surface area contributed by atoms with Crippen LogP contribution in [0.25, 0.3) is 6.08 Å². The quantitative estimate of drug-likeness (QED) is 0.682. The number of allylic oxidation sites excluding steroid dienone is 1. The molecule has 0 spiro atoms. The molecule has 1 rings (SSSR count). The van der Waals surface area contributed by atoms with Gasteiger partial charge < -0.3 is 0 Å². The molecule has 0 heterocycles. The zero-order chi connectivity index (χ0) is 9.52. The first-order valence-corrected chi connectivity index (χ1v) is 5.47. The molecule has 1 aromatic carbocycles. The van der Waals surface area contributed by atoms with Crippen molar-refractivity contribution in [3.63, 3.8) is 0 Å². The highest BCUT2D eigenvalue weighted by atomic mass is 32.2. The zero-order valence-electron chi connectivity index (χ0n) is 7.57. The number of ketones is 1. The van der Waals surface area contributed by atoms with E-state index in [1.165, 1.54) is 0 Å². The second kappa shape index (κ2) is 5.60.